The zero-order valence-corrected chi connectivity index (χ0v) is 24.1. The first-order valence-electron chi connectivity index (χ1n) is 11.9. The molecule has 0 aliphatic rings. The summed E-state index contributed by atoms with van der Waals surface area (Å²) < 4.78 is 29.7. The second kappa shape index (κ2) is 11.9. The molecule has 0 aromatic heterocycles. The minimum absolute atomic E-state index is 0.0861. The molecule has 1 atom stereocenters. The molecule has 0 radical (unpaired) electrons. The Labute approximate surface area is 227 Å². The van der Waals surface area contributed by atoms with E-state index in [9.17, 15) is 18.0 Å². The molecule has 0 aliphatic heterocycles. The molecule has 0 spiro atoms. The molecule has 37 heavy (non-hydrogen) atoms. The van der Waals surface area contributed by atoms with Gasteiger partial charge in [-0.3, -0.25) is 13.9 Å². The summed E-state index contributed by atoms with van der Waals surface area (Å²) in [4.78, 5) is 27.9. The third-order valence-corrected chi connectivity index (χ3v) is 8.32. The van der Waals surface area contributed by atoms with Crippen LogP contribution in [0.4, 0.5) is 5.69 Å². The number of nitrogens with zero attached hydrogens (tertiary/aromatic N) is 2. The molecular formula is C28H32BrN3O4S. The van der Waals surface area contributed by atoms with Gasteiger partial charge in [-0.2, -0.15) is 0 Å². The molecule has 9 heteroatoms. The number of carbonyl (C=O) groups excluding carboxylic acids is 2. The van der Waals surface area contributed by atoms with Crippen LogP contribution in [0.15, 0.2) is 76.1 Å². The smallest absolute Gasteiger partial charge is 0.264 e. The fraction of sp³-hybridized carbons (Fsp3) is 0.286. The number of likely N-dealkylation sites (N-methyl/N-ethyl adjacent to an activating group) is 1. The Kier molecular flexibility index (Phi) is 9.15. The molecule has 3 aromatic rings. The molecule has 1 unspecified atom stereocenters. The summed E-state index contributed by atoms with van der Waals surface area (Å²) in [6.07, 6.45) is 0. The van der Waals surface area contributed by atoms with Crippen LogP contribution in [0.3, 0.4) is 0 Å². The summed E-state index contributed by atoms with van der Waals surface area (Å²) in [6.45, 7) is 6.93. The molecule has 3 aromatic carbocycles. The van der Waals surface area contributed by atoms with E-state index in [-0.39, 0.29) is 17.3 Å². The molecule has 0 bridgehead atoms. The molecular weight excluding hydrogens is 554 g/mol. The lowest BCUT2D eigenvalue weighted by molar-refractivity contribution is -0.139. The highest BCUT2D eigenvalue weighted by Gasteiger charge is 2.32. The first kappa shape index (κ1) is 28.4. The van der Waals surface area contributed by atoms with E-state index in [1.165, 1.54) is 24.1 Å². The van der Waals surface area contributed by atoms with Gasteiger partial charge >= 0.3 is 0 Å². The van der Waals surface area contributed by atoms with Gasteiger partial charge in [-0.1, -0.05) is 51.8 Å². The Bertz CT molecular complexity index is 1370. The van der Waals surface area contributed by atoms with Crippen molar-refractivity contribution in [1.82, 2.24) is 10.2 Å². The molecule has 0 saturated heterocycles. The van der Waals surface area contributed by atoms with E-state index in [2.05, 4.69) is 21.2 Å². The lowest BCUT2D eigenvalue weighted by Gasteiger charge is -2.32. The maximum atomic E-state index is 13.9. The van der Waals surface area contributed by atoms with E-state index in [1.54, 1.807) is 31.2 Å². The van der Waals surface area contributed by atoms with E-state index in [0.29, 0.717) is 5.69 Å². The lowest BCUT2D eigenvalue weighted by Crippen LogP contribution is -2.50. The third kappa shape index (κ3) is 6.99. The van der Waals surface area contributed by atoms with Crippen LogP contribution < -0.4 is 9.62 Å². The molecule has 1 N–H and O–H groups in total. The number of hydrogen-bond donors (Lipinski definition) is 1. The third-order valence-electron chi connectivity index (χ3n) is 6.04. The van der Waals surface area contributed by atoms with Crippen LogP contribution in [0.2, 0.25) is 0 Å². The highest BCUT2D eigenvalue weighted by molar-refractivity contribution is 9.10. The van der Waals surface area contributed by atoms with Gasteiger partial charge in [0.25, 0.3) is 10.0 Å². The molecule has 0 fully saturated rings. The predicted molar refractivity (Wildman–Crippen MR) is 150 cm³/mol. The van der Waals surface area contributed by atoms with Crippen molar-refractivity contribution in [3.8, 4) is 0 Å². The number of anilines is 1. The van der Waals surface area contributed by atoms with Crippen LogP contribution in [0.1, 0.15) is 29.2 Å². The van der Waals surface area contributed by atoms with Crippen LogP contribution in [0.25, 0.3) is 0 Å². The monoisotopic (exact) mass is 585 g/mol. The first-order chi connectivity index (χ1) is 17.4. The number of nitrogens with one attached hydrogen (secondary N) is 1. The quantitative estimate of drug-likeness (QED) is 0.393. The molecule has 3 rings (SSSR count). The zero-order valence-electron chi connectivity index (χ0n) is 21.7. The number of hydrogen-bond acceptors (Lipinski definition) is 4. The predicted octanol–water partition coefficient (Wildman–Crippen LogP) is 4.73. The minimum atomic E-state index is -4.09. The summed E-state index contributed by atoms with van der Waals surface area (Å²) >= 11 is 3.44. The van der Waals surface area contributed by atoms with Gasteiger partial charge in [-0.15, -0.1) is 0 Å². The molecule has 7 nitrogen and oxygen atoms in total. The van der Waals surface area contributed by atoms with Crippen LogP contribution in [0.5, 0.6) is 0 Å². The number of rotatable bonds is 9. The van der Waals surface area contributed by atoms with Crippen molar-refractivity contribution in [1.29, 1.82) is 0 Å². The number of amides is 2. The normalized spacial score (nSPS) is 12.1. The van der Waals surface area contributed by atoms with Crippen LogP contribution in [0, 0.1) is 20.8 Å². The minimum Gasteiger partial charge on any atom is -0.357 e. The van der Waals surface area contributed by atoms with Crippen molar-refractivity contribution in [2.24, 2.45) is 0 Å². The average Bonchev–Trinajstić information content (AvgIpc) is 2.84. The van der Waals surface area contributed by atoms with Gasteiger partial charge in [0.05, 0.1) is 10.6 Å². The van der Waals surface area contributed by atoms with Gasteiger partial charge in [0.15, 0.2) is 0 Å². The zero-order chi connectivity index (χ0) is 27.3. The molecule has 0 heterocycles. The van der Waals surface area contributed by atoms with E-state index in [4.69, 9.17) is 0 Å². The Balaban J connectivity index is 2.07. The summed E-state index contributed by atoms with van der Waals surface area (Å²) in [5, 5.41) is 2.58. The average molecular weight is 587 g/mol. The summed E-state index contributed by atoms with van der Waals surface area (Å²) in [5.74, 6) is -0.839. The van der Waals surface area contributed by atoms with Crippen molar-refractivity contribution in [2.45, 2.75) is 45.2 Å². The second-order valence-corrected chi connectivity index (χ2v) is 11.9. The molecule has 2 amide bonds. The van der Waals surface area contributed by atoms with Gasteiger partial charge in [0.2, 0.25) is 11.8 Å². The van der Waals surface area contributed by atoms with Crippen molar-refractivity contribution in [2.75, 3.05) is 17.9 Å². The first-order valence-corrected chi connectivity index (χ1v) is 14.1. The fourth-order valence-corrected chi connectivity index (χ4v) is 5.93. The standard InChI is InChI=1S/C28H32BrN3O4S/c1-19-9-11-26(12-10-19)37(35,36)32(25-14-20(2)13-21(3)15-25)18-27(33)31(22(4)28(34)30-5)17-23-7-6-8-24(29)16-23/h6-16,22H,17-18H2,1-5H3,(H,30,34). The van der Waals surface area contributed by atoms with E-state index in [1.807, 2.05) is 51.1 Å². The Hall–Kier alpha value is -3.17. The number of carbonyl (C=O) groups is 2. The number of halogens is 1. The topological polar surface area (TPSA) is 86.8 Å². The maximum absolute atomic E-state index is 13.9. The van der Waals surface area contributed by atoms with Crippen molar-refractivity contribution >= 4 is 43.5 Å². The van der Waals surface area contributed by atoms with E-state index < -0.39 is 28.5 Å². The molecule has 0 aliphatic carbocycles. The SMILES string of the molecule is CNC(=O)C(C)N(Cc1cccc(Br)c1)C(=O)CN(c1cc(C)cc(C)c1)S(=O)(=O)c1ccc(C)cc1. The van der Waals surface area contributed by atoms with E-state index >= 15 is 0 Å². The Morgan fingerprint density at radius 1 is 0.919 bits per heavy atom. The van der Waals surface area contributed by atoms with Crippen LogP contribution in [-0.4, -0.2) is 44.8 Å². The van der Waals surface area contributed by atoms with Gasteiger partial charge in [0, 0.05) is 18.1 Å². The van der Waals surface area contributed by atoms with Gasteiger partial charge in [-0.25, -0.2) is 8.42 Å². The van der Waals surface area contributed by atoms with Gasteiger partial charge < -0.3 is 10.2 Å². The second-order valence-electron chi connectivity index (χ2n) is 9.11. The Morgan fingerprint density at radius 3 is 2.11 bits per heavy atom. The lowest BCUT2D eigenvalue weighted by atomic mass is 10.1. The van der Waals surface area contributed by atoms with Crippen LogP contribution >= 0.6 is 15.9 Å². The van der Waals surface area contributed by atoms with Crippen molar-refractivity contribution in [3.05, 3.63) is 93.5 Å². The fourth-order valence-electron chi connectivity index (χ4n) is 4.08. The van der Waals surface area contributed by atoms with Gasteiger partial charge in [-0.05, 0) is 80.8 Å². The van der Waals surface area contributed by atoms with Gasteiger partial charge in [0.1, 0.15) is 12.6 Å². The molecule has 0 saturated carbocycles. The van der Waals surface area contributed by atoms with Crippen molar-refractivity contribution < 1.29 is 18.0 Å². The maximum Gasteiger partial charge on any atom is 0.264 e. The highest BCUT2D eigenvalue weighted by Crippen LogP contribution is 2.27. The largest absolute Gasteiger partial charge is 0.357 e. The summed E-state index contributed by atoms with van der Waals surface area (Å²) in [5.41, 5.74) is 3.86. The number of aryl methyl sites for hydroxylation is 3. The Morgan fingerprint density at radius 2 is 1.54 bits per heavy atom. The van der Waals surface area contributed by atoms with Crippen molar-refractivity contribution in [3.63, 3.8) is 0 Å². The van der Waals surface area contributed by atoms with E-state index in [0.717, 1.165) is 31.0 Å². The number of benzene rings is 3. The number of sulfonamides is 1. The summed E-state index contributed by atoms with van der Waals surface area (Å²) in [6, 6.07) is 18.6. The summed E-state index contributed by atoms with van der Waals surface area (Å²) in [7, 11) is -2.58. The highest BCUT2D eigenvalue weighted by atomic mass is 79.9. The van der Waals surface area contributed by atoms with Crippen LogP contribution in [-0.2, 0) is 26.2 Å². The molecule has 196 valence electrons.